The highest BCUT2D eigenvalue weighted by Crippen LogP contribution is 2.22. The van der Waals surface area contributed by atoms with Gasteiger partial charge in [-0.05, 0) is 49.7 Å². The number of carbonyl (C=O) groups excluding carboxylic acids is 2. The number of aryl methyl sites for hydroxylation is 1. The first-order valence-electron chi connectivity index (χ1n) is 11.8. The summed E-state index contributed by atoms with van der Waals surface area (Å²) in [6.45, 7) is 8.30. The van der Waals surface area contributed by atoms with Crippen molar-refractivity contribution in [3.63, 3.8) is 0 Å². The Hall–Kier alpha value is -3.44. The maximum atomic E-state index is 12.9. The van der Waals surface area contributed by atoms with E-state index in [1.54, 1.807) is 59.2 Å². The average molecular weight is 543 g/mol. The molecule has 0 saturated heterocycles. The normalized spacial score (nSPS) is 11.2. The third kappa shape index (κ3) is 8.02. The van der Waals surface area contributed by atoms with Gasteiger partial charge >= 0.3 is 5.97 Å². The summed E-state index contributed by atoms with van der Waals surface area (Å²) in [5.41, 5.74) is 1.91. The van der Waals surface area contributed by atoms with E-state index >= 15 is 0 Å². The van der Waals surface area contributed by atoms with Crippen LogP contribution < -0.4 is 5.32 Å². The van der Waals surface area contributed by atoms with E-state index in [9.17, 15) is 18.0 Å². The molecule has 0 unspecified atom stereocenters. The Kier molecular flexibility index (Phi) is 10.0. The SMILES string of the molecule is C=CCn1c(CS(=O)(=O)c2ccc(C)cc2)nnc1SCC(=O)Nc1ccc(C(=O)OCCCC)cc1. The van der Waals surface area contributed by atoms with Crippen molar-refractivity contribution in [2.24, 2.45) is 0 Å². The number of carbonyl (C=O) groups is 2. The van der Waals surface area contributed by atoms with Crippen LogP contribution in [0, 0.1) is 6.92 Å². The van der Waals surface area contributed by atoms with Gasteiger partial charge in [-0.2, -0.15) is 0 Å². The summed E-state index contributed by atoms with van der Waals surface area (Å²) in [7, 11) is -3.63. The van der Waals surface area contributed by atoms with Crippen LogP contribution >= 0.6 is 11.8 Å². The lowest BCUT2D eigenvalue weighted by molar-refractivity contribution is -0.113. The molecule has 0 aliphatic rings. The zero-order valence-corrected chi connectivity index (χ0v) is 22.5. The lowest BCUT2D eigenvalue weighted by Gasteiger charge is -2.09. The molecule has 196 valence electrons. The van der Waals surface area contributed by atoms with E-state index in [0.717, 1.165) is 30.2 Å². The third-order valence-corrected chi connectivity index (χ3v) is 7.87. The number of allylic oxidation sites excluding steroid dienone is 1. The standard InChI is InChI=1S/C26H30N4O5S2/c1-4-6-16-35-25(32)20-9-11-21(12-10-20)27-24(31)17-36-26-29-28-23(30(26)15-5-2)18-37(33,34)22-13-7-19(3)8-14-22/h5,7-14H,2,4,6,15-18H2,1,3H3,(H,27,31). The minimum absolute atomic E-state index is 0.0286. The molecule has 0 fully saturated rings. The first-order chi connectivity index (χ1) is 17.7. The van der Waals surface area contributed by atoms with Crippen LogP contribution in [-0.2, 0) is 31.7 Å². The molecule has 0 radical (unpaired) electrons. The van der Waals surface area contributed by atoms with E-state index in [1.807, 2.05) is 13.8 Å². The van der Waals surface area contributed by atoms with Gasteiger partial charge in [0.1, 0.15) is 11.6 Å². The first-order valence-corrected chi connectivity index (χ1v) is 14.4. The second kappa shape index (κ2) is 13.2. The van der Waals surface area contributed by atoms with Gasteiger partial charge in [-0.25, -0.2) is 13.2 Å². The summed E-state index contributed by atoms with van der Waals surface area (Å²) >= 11 is 1.14. The Balaban J connectivity index is 1.61. The minimum atomic E-state index is -3.63. The van der Waals surface area contributed by atoms with Crippen LogP contribution in [0.5, 0.6) is 0 Å². The fraction of sp³-hybridized carbons (Fsp3) is 0.308. The zero-order valence-electron chi connectivity index (χ0n) is 20.8. The number of esters is 1. The molecule has 3 aromatic rings. The Morgan fingerprint density at radius 1 is 1.11 bits per heavy atom. The van der Waals surface area contributed by atoms with Crippen molar-refractivity contribution >= 4 is 39.2 Å². The maximum Gasteiger partial charge on any atom is 0.338 e. The Morgan fingerprint density at radius 3 is 2.46 bits per heavy atom. The van der Waals surface area contributed by atoms with Crippen LogP contribution in [0.4, 0.5) is 5.69 Å². The Bertz CT molecular complexity index is 1330. The third-order valence-electron chi connectivity index (χ3n) is 5.27. The van der Waals surface area contributed by atoms with E-state index in [2.05, 4.69) is 22.1 Å². The Morgan fingerprint density at radius 2 is 1.81 bits per heavy atom. The number of hydrogen-bond acceptors (Lipinski definition) is 8. The number of nitrogens with zero attached hydrogens (tertiary/aromatic N) is 3. The fourth-order valence-corrected chi connectivity index (χ4v) is 5.29. The molecule has 2 aromatic carbocycles. The molecule has 9 nitrogen and oxygen atoms in total. The molecule has 37 heavy (non-hydrogen) atoms. The van der Waals surface area contributed by atoms with Crippen LogP contribution in [0.25, 0.3) is 0 Å². The summed E-state index contributed by atoms with van der Waals surface area (Å²) in [5, 5.41) is 11.3. The number of anilines is 1. The summed E-state index contributed by atoms with van der Waals surface area (Å²) in [4.78, 5) is 24.7. The minimum Gasteiger partial charge on any atom is -0.462 e. The molecule has 0 saturated carbocycles. The summed E-state index contributed by atoms with van der Waals surface area (Å²) in [5.74, 6) is -0.712. The van der Waals surface area contributed by atoms with Crippen molar-refractivity contribution < 1.29 is 22.7 Å². The number of amides is 1. The van der Waals surface area contributed by atoms with Crippen molar-refractivity contribution in [2.45, 2.75) is 49.0 Å². The summed E-state index contributed by atoms with van der Waals surface area (Å²) in [6.07, 6.45) is 3.36. The van der Waals surface area contributed by atoms with Crippen molar-refractivity contribution in [1.29, 1.82) is 0 Å². The molecule has 1 amide bonds. The molecule has 0 bridgehead atoms. The monoisotopic (exact) mass is 542 g/mol. The molecule has 11 heteroatoms. The van der Waals surface area contributed by atoms with Gasteiger partial charge in [0.2, 0.25) is 5.91 Å². The largest absolute Gasteiger partial charge is 0.462 e. The lowest BCUT2D eigenvalue weighted by atomic mass is 10.2. The molecule has 1 N–H and O–H groups in total. The second-order valence-electron chi connectivity index (χ2n) is 8.27. The molecule has 0 atom stereocenters. The number of nitrogens with one attached hydrogen (secondary N) is 1. The molecule has 1 heterocycles. The molecular formula is C26H30N4O5S2. The van der Waals surface area contributed by atoms with E-state index < -0.39 is 15.8 Å². The van der Waals surface area contributed by atoms with Gasteiger partial charge < -0.3 is 14.6 Å². The molecule has 0 spiro atoms. The number of benzene rings is 2. The number of unbranched alkanes of at least 4 members (excludes halogenated alkanes) is 1. The van der Waals surface area contributed by atoms with Crippen molar-refractivity contribution in [3.05, 3.63) is 78.1 Å². The van der Waals surface area contributed by atoms with Gasteiger partial charge in [-0.1, -0.05) is 48.9 Å². The van der Waals surface area contributed by atoms with Crippen molar-refractivity contribution in [3.8, 4) is 0 Å². The topological polar surface area (TPSA) is 120 Å². The zero-order chi connectivity index (χ0) is 26.8. The highest BCUT2D eigenvalue weighted by molar-refractivity contribution is 7.99. The van der Waals surface area contributed by atoms with Crippen LogP contribution in [0.3, 0.4) is 0 Å². The fourth-order valence-electron chi connectivity index (χ4n) is 3.25. The van der Waals surface area contributed by atoms with E-state index in [-0.39, 0.29) is 28.1 Å². The summed E-state index contributed by atoms with van der Waals surface area (Å²) in [6, 6.07) is 13.1. The van der Waals surface area contributed by atoms with Crippen LogP contribution in [0.2, 0.25) is 0 Å². The maximum absolute atomic E-state index is 12.9. The molecular weight excluding hydrogens is 512 g/mol. The van der Waals surface area contributed by atoms with Crippen molar-refractivity contribution in [1.82, 2.24) is 14.8 Å². The number of hydrogen-bond donors (Lipinski definition) is 1. The summed E-state index contributed by atoms with van der Waals surface area (Å²) < 4.78 is 32.6. The smallest absolute Gasteiger partial charge is 0.338 e. The van der Waals surface area contributed by atoms with Gasteiger partial charge in [-0.3, -0.25) is 4.79 Å². The van der Waals surface area contributed by atoms with E-state index in [0.29, 0.717) is 29.6 Å². The molecule has 0 aliphatic carbocycles. The number of rotatable bonds is 13. The number of ether oxygens (including phenoxy) is 1. The van der Waals surface area contributed by atoms with E-state index in [1.165, 1.54) is 0 Å². The number of sulfone groups is 1. The van der Waals surface area contributed by atoms with Gasteiger partial charge in [0.15, 0.2) is 15.0 Å². The van der Waals surface area contributed by atoms with Crippen LogP contribution in [0.1, 0.15) is 41.5 Å². The van der Waals surface area contributed by atoms with Crippen LogP contribution in [-0.4, -0.2) is 47.4 Å². The van der Waals surface area contributed by atoms with Gasteiger partial charge in [-0.15, -0.1) is 16.8 Å². The lowest BCUT2D eigenvalue weighted by Crippen LogP contribution is -2.15. The average Bonchev–Trinajstić information content (AvgIpc) is 3.24. The van der Waals surface area contributed by atoms with Gasteiger partial charge in [0.05, 0.1) is 22.8 Å². The molecule has 3 rings (SSSR count). The predicted molar refractivity (Wildman–Crippen MR) is 143 cm³/mol. The quantitative estimate of drug-likeness (QED) is 0.146. The second-order valence-corrected chi connectivity index (χ2v) is 11.2. The number of aromatic nitrogens is 3. The molecule has 0 aliphatic heterocycles. The van der Waals surface area contributed by atoms with Crippen molar-refractivity contribution in [2.75, 3.05) is 17.7 Å². The molecule has 1 aromatic heterocycles. The van der Waals surface area contributed by atoms with Gasteiger partial charge in [0.25, 0.3) is 0 Å². The highest BCUT2D eigenvalue weighted by Gasteiger charge is 2.22. The van der Waals surface area contributed by atoms with Crippen LogP contribution in [0.15, 0.2) is 71.2 Å². The first kappa shape index (κ1) is 28.1. The predicted octanol–water partition coefficient (Wildman–Crippen LogP) is 4.43. The Labute approximate surface area is 221 Å². The highest BCUT2D eigenvalue weighted by atomic mass is 32.2. The van der Waals surface area contributed by atoms with E-state index in [4.69, 9.17) is 4.74 Å². The van der Waals surface area contributed by atoms with Gasteiger partial charge in [0, 0.05) is 12.2 Å². The number of thioether (sulfide) groups is 1.